The van der Waals surface area contributed by atoms with Gasteiger partial charge in [0.15, 0.2) is 0 Å². The van der Waals surface area contributed by atoms with Gasteiger partial charge < -0.3 is 10.4 Å². The Morgan fingerprint density at radius 2 is 1.87 bits per heavy atom. The maximum atomic E-state index is 13.8. The first-order chi connectivity index (χ1) is 11.1. The molecule has 116 valence electrons. The van der Waals surface area contributed by atoms with Crippen LogP contribution in [0.15, 0.2) is 54.6 Å². The lowest BCUT2D eigenvalue weighted by Gasteiger charge is -2.11. The standard InChI is InChI=1S/C18H13ClFNO2/c19-14-6-3-7-15(20)13(14)10-17(23)21-18-12-5-2-1-4-11(12)8-9-16(18)22/h1-9,22H,10H2,(H,21,23). The predicted octanol–water partition coefficient (Wildman–Crippen LogP) is 4.52. The van der Waals surface area contributed by atoms with Crippen molar-refractivity contribution >= 4 is 34.0 Å². The van der Waals surface area contributed by atoms with Gasteiger partial charge in [0.2, 0.25) is 5.91 Å². The summed E-state index contributed by atoms with van der Waals surface area (Å²) in [4.78, 5) is 12.2. The molecule has 1 amide bonds. The number of phenolic OH excluding ortho intramolecular Hbond substituents is 1. The molecule has 0 saturated carbocycles. The number of hydrogen-bond donors (Lipinski definition) is 2. The molecular weight excluding hydrogens is 317 g/mol. The lowest BCUT2D eigenvalue weighted by molar-refractivity contribution is -0.115. The molecule has 3 aromatic carbocycles. The topological polar surface area (TPSA) is 49.3 Å². The van der Waals surface area contributed by atoms with Crippen LogP contribution in [-0.2, 0) is 11.2 Å². The molecule has 0 spiro atoms. The summed E-state index contributed by atoms with van der Waals surface area (Å²) in [6.45, 7) is 0. The van der Waals surface area contributed by atoms with Crippen LogP contribution in [0.2, 0.25) is 5.02 Å². The molecule has 0 saturated heterocycles. The highest BCUT2D eigenvalue weighted by molar-refractivity contribution is 6.31. The van der Waals surface area contributed by atoms with Crippen LogP contribution in [0.1, 0.15) is 5.56 Å². The van der Waals surface area contributed by atoms with Crippen molar-refractivity contribution in [3.05, 3.63) is 71.0 Å². The molecule has 0 atom stereocenters. The number of carbonyl (C=O) groups is 1. The summed E-state index contributed by atoms with van der Waals surface area (Å²) >= 11 is 5.93. The third-order valence-corrected chi connectivity index (χ3v) is 3.92. The third kappa shape index (κ3) is 3.12. The summed E-state index contributed by atoms with van der Waals surface area (Å²) in [6.07, 6.45) is -0.214. The van der Waals surface area contributed by atoms with Gasteiger partial charge in [-0.1, -0.05) is 48.0 Å². The molecule has 0 aliphatic carbocycles. The summed E-state index contributed by atoms with van der Waals surface area (Å²) < 4.78 is 13.8. The number of halogens is 2. The van der Waals surface area contributed by atoms with E-state index in [2.05, 4.69) is 5.32 Å². The second kappa shape index (κ2) is 6.26. The van der Waals surface area contributed by atoms with E-state index < -0.39 is 11.7 Å². The Morgan fingerprint density at radius 3 is 2.65 bits per heavy atom. The summed E-state index contributed by atoms with van der Waals surface area (Å²) in [7, 11) is 0. The zero-order chi connectivity index (χ0) is 16.4. The van der Waals surface area contributed by atoms with Crippen LogP contribution in [0, 0.1) is 5.82 Å². The van der Waals surface area contributed by atoms with E-state index in [1.165, 1.54) is 24.3 Å². The molecule has 2 N–H and O–H groups in total. The second-order valence-electron chi connectivity index (χ2n) is 5.11. The molecule has 0 radical (unpaired) electrons. The summed E-state index contributed by atoms with van der Waals surface area (Å²) in [6, 6.07) is 14.9. The van der Waals surface area contributed by atoms with E-state index in [-0.39, 0.29) is 22.8 Å². The van der Waals surface area contributed by atoms with Crippen molar-refractivity contribution in [1.82, 2.24) is 0 Å². The average Bonchev–Trinajstić information content (AvgIpc) is 2.54. The summed E-state index contributed by atoms with van der Waals surface area (Å²) in [5.74, 6) is -1.03. The van der Waals surface area contributed by atoms with Crippen LogP contribution in [0.5, 0.6) is 5.75 Å². The van der Waals surface area contributed by atoms with Crippen molar-refractivity contribution < 1.29 is 14.3 Å². The molecule has 0 unspecified atom stereocenters. The molecular formula is C18H13ClFNO2. The van der Waals surface area contributed by atoms with Crippen LogP contribution in [0.4, 0.5) is 10.1 Å². The molecule has 0 fully saturated rings. The minimum absolute atomic E-state index is 0.0447. The normalized spacial score (nSPS) is 10.7. The van der Waals surface area contributed by atoms with E-state index in [1.807, 2.05) is 18.2 Å². The number of phenols is 1. The van der Waals surface area contributed by atoms with Crippen molar-refractivity contribution in [3.8, 4) is 5.75 Å². The molecule has 0 aromatic heterocycles. The van der Waals surface area contributed by atoms with Gasteiger partial charge in [-0.05, 0) is 23.6 Å². The fourth-order valence-corrected chi connectivity index (χ4v) is 2.67. The molecule has 0 aliphatic rings. The molecule has 0 aliphatic heterocycles. The van der Waals surface area contributed by atoms with Gasteiger partial charge >= 0.3 is 0 Å². The largest absolute Gasteiger partial charge is 0.506 e. The SMILES string of the molecule is O=C(Cc1c(F)cccc1Cl)Nc1c(O)ccc2ccccc12. The van der Waals surface area contributed by atoms with Crippen molar-refractivity contribution in [2.75, 3.05) is 5.32 Å². The number of fused-ring (bicyclic) bond motifs is 1. The fraction of sp³-hybridized carbons (Fsp3) is 0.0556. The van der Waals surface area contributed by atoms with Crippen molar-refractivity contribution in [1.29, 1.82) is 0 Å². The first kappa shape index (κ1) is 15.3. The van der Waals surface area contributed by atoms with Crippen LogP contribution < -0.4 is 5.32 Å². The Labute approximate surface area is 137 Å². The quantitative estimate of drug-likeness (QED) is 0.694. The van der Waals surface area contributed by atoms with Crippen LogP contribution >= 0.6 is 11.6 Å². The zero-order valence-electron chi connectivity index (χ0n) is 12.0. The maximum Gasteiger partial charge on any atom is 0.229 e. The highest BCUT2D eigenvalue weighted by Gasteiger charge is 2.15. The lowest BCUT2D eigenvalue weighted by atomic mass is 10.1. The second-order valence-corrected chi connectivity index (χ2v) is 5.51. The molecule has 0 bridgehead atoms. The van der Waals surface area contributed by atoms with E-state index in [0.29, 0.717) is 11.1 Å². The van der Waals surface area contributed by atoms with E-state index in [1.54, 1.807) is 12.1 Å². The number of aromatic hydroxyl groups is 1. The number of amides is 1. The van der Waals surface area contributed by atoms with Crippen molar-refractivity contribution in [2.45, 2.75) is 6.42 Å². The minimum Gasteiger partial charge on any atom is -0.506 e. The van der Waals surface area contributed by atoms with Crippen molar-refractivity contribution in [3.63, 3.8) is 0 Å². The van der Waals surface area contributed by atoms with Gasteiger partial charge in [-0.2, -0.15) is 0 Å². The van der Waals surface area contributed by atoms with E-state index in [0.717, 1.165) is 5.39 Å². The first-order valence-electron chi connectivity index (χ1n) is 6.99. The van der Waals surface area contributed by atoms with E-state index >= 15 is 0 Å². The average molecular weight is 330 g/mol. The Bertz CT molecular complexity index is 875. The van der Waals surface area contributed by atoms with Gasteiger partial charge in [-0.25, -0.2) is 4.39 Å². The van der Waals surface area contributed by atoms with Gasteiger partial charge in [-0.15, -0.1) is 0 Å². The van der Waals surface area contributed by atoms with Crippen LogP contribution in [0.3, 0.4) is 0 Å². The zero-order valence-corrected chi connectivity index (χ0v) is 12.8. The van der Waals surface area contributed by atoms with Gasteiger partial charge in [0, 0.05) is 16.0 Å². The fourth-order valence-electron chi connectivity index (χ4n) is 2.44. The predicted molar refractivity (Wildman–Crippen MR) is 89.4 cm³/mol. The summed E-state index contributed by atoms with van der Waals surface area (Å²) in [5, 5.41) is 14.4. The lowest BCUT2D eigenvalue weighted by Crippen LogP contribution is -2.16. The van der Waals surface area contributed by atoms with Gasteiger partial charge in [0.05, 0.1) is 12.1 Å². The molecule has 0 heterocycles. The smallest absolute Gasteiger partial charge is 0.229 e. The highest BCUT2D eigenvalue weighted by Crippen LogP contribution is 2.32. The molecule has 23 heavy (non-hydrogen) atoms. The Hall–Kier alpha value is -2.59. The Morgan fingerprint density at radius 1 is 1.09 bits per heavy atom. The number of nitrogens with one attached hydrogen (secondary N) is 1. The molecule has 3 nitrogen and oxygen atoms in total. The van der Waals surface area contributed by atoms with Crippen LogP contribution in [-0.4, -0.2) is 11.0 Å². The van der Waals surface area contributed by atoms with E-state index in [4.69, 9.17) is 11.6 Å². The first-order valence-corrected chi connectivity index (χ1v) is 7.37. The number of hydrogen-bond acceptors (Lipinski definition) is 2. The Kier molecular flexibility index (Phi) is 4.17. The number of carbonyl (C=O) groups excluding carboxylic acids is 1. The van der Waals surface area contributed by atoms with Crippen LogP contribution in [0.25, 0.3) is 10.8 Å². The summed E-state index contributed by atoms with van der Waals surface area (Å²) in [5.41, 5.74) is 0.437. The third-order valence-electron chi connectivity index (χ3n) is 3.57. The molecule has 5 heteroatoms. The minimum atomic E-state index is -0.533. The van der Waals surface area contributed by atoms with Gasteiger partial charge in [0.1, 0.15) is 11.6 Å². The highest BCUT2D eigenvalue weighted by atomic mass is 35.5. The van der Waals surface area contributed by atoms with Crippen molar-refractivity contribution in [2.24, 2.45) is 0 Å². The molecule has 3 aromatic rings. The number of benzene rings is 3. The van der Waals surface area contributed by atoms with Gasteiger partial charge in [0.25, 0.3) is 0 Å². The Balaban J connectivity index is 1.90. The maximum absolute atomic E-state index is 13.8. The van der Waals surface area contributed by atoms with Gasteiger partial charge in [-0.3, -0.25) is 4.79 Å². The monoisotopic (exact) mass is 329 g/mol. The number of anilines is 1. The molecule has 3 rings (SSSR count). The van der Waals surface area contributed by atoms with E-state index in [9.17, 15) is 14.3 Å². The number of rotatable bonds is 3.